The smallest absolute Gasteiger partial charge is 0.393 e. The van der Waals surface area contributed by atoms with Crippen molar-refractivity contribution in [2.24, 2.45) is 0 Å². The molecule has 0 N–H and O–H groups in total. The minimum atomic E-state index is -3.99. The van der Waals surface area contributed by atoms with Crippen LogP contribution >= 0.6 is 0 Å². The molecule has 2 nitrogen and oxygen atoms in total. The molecule has 194 valence electrons. The summed E-state index contributed by atoms with van der Waals surface area (Å²) in [5, 5.41) is 4.58. The maximum absolute atomic E-state index is 15.9. The molecule has 1 aromatic heterocycles. The first-order valence-electron chi connectivity index (χ1n) is 13.6. The van der Waals surface area contributed by atoms with Crippen molar-refractivity contribution >= 4 is 39.8 Å². The van der Waals surface area contributed by atoms with Crippen molar-refractivity contribution < 1.29 is 13.1 Å². The zero-order valence-electron chi connectivity index (χ0n) is 22.9. The topological polar surface area (TPSA) is 7.94 Å². The van der Waals surface area contributed by atoms with Crippen LogP contribution in [0.25, 0.3) is 27.1 Å². The normalized spacial score (nSPS) is 15.7. The highest BCUT2D eigenvalue weighted by Crippen LogP contribution is 2.44. The van der Waals surface area contributed by atoms with E-state index in [2.05, 4.69) is 42.2 Å². The molecule has 0 unspecified atom stereocenters. The molecular weight excluding hydrogens is 497 g/mol. The van der Waals surface area contributed by atoms with Crippen molar-refractivity contribution in [2.75, 3.05) is 0 Å². The van der Waals surface area contributed by atoms with Gasteiger partial charge in [-0.2, -0.15) is 0 Å². The highest BCUT2D eigenvalue weighted by molar-refractivity contribution is 6.58. The Kier molecular flexibility index (Phi) is 5.27. The largest absolute Gasteiger partial charge is 0.737 e. The van der Waals surface area contributed by atoms with Crippen molar-refractivity contribution in [3.8, 4) is 11.8 Å². The van der Waals surface area contributed by atoms with E-state index in [4.69, 9.17) is 0 Å². The molecule has 0 saturated heterocycles. The fourth-order valence-corrected chi connectivity index (χ4v) is 6.58. The number of halogens is 2. The Morgan fingerprint density at radius 1 is 0.750 bits per heavy atom. The predicted molar refractivity (Wildman–Crippen MR) is 162 cm³/mol. The van der Waals surface area contributed by atoms with Crippen molar-refractivity contribution in [3.63, 3.8) is 0 Å². The van der Waals surface area contributed by atoms with Crippen molar-refractivity contribution in [1.29, 1.82) is 0 Å². The average molecular weight is 524 g/mol. The number of fused-ring (bicyclic) bond motifs is 4. The first-order valence-corrected chi connectivity index (χ1v) is 13.6. The van der Waals surface area contributed by atoms with Crippen molar-refractivity contribution in [2.45, 2.75) is 27.7 Å². The lowest BCUT2D eigenvalue weighted by Crippen LogP contribution is -2.51. The number of allylic oxidation sites excluding steroid dienone is 2. The fourth-order valence-electron chi connectivity index (χ4n) is 6.58. The second-order valence-electron chi connectivity index (χ2n) is 10.9. The van der Waals surface area contributed by atoms with E-state index in [1.54, 1.807) is 13.8 Å². The van der Waals surface area contributed by atoms with E-state index in [1.807, 2.05) is 74.5 Å². The Morgan fingerprint density at radius 3 is 2.02 bits per heavy atom. The summed E-state index contributed by atoms with van der Waals surface area (Å²) in [6, 6.07) is 28.7. The van der Waals surface area contributed by atoms with Crippen molar-refractivity contribution in [3.05, 3.63) is 136 Å². The first kappa shape index (κ1) is 24.4. The van der Waals surface area contributed by atoms with Gasteiger partial charge in [0.25, 0.3) is 0 Å². The SMILES string of the molecule is CC1=CC(C)=[N+]2C1=C(c1ccc(C#Cc3c4ccccc4cc4ccccc34)cc1)c1c(C)cc(C)n1[B-]2(F)F. The Hall–Kier alpha value is -4.69. The third-order valence-electron chi connectivity index (χ3n) is 8.21. The van der Waals surface area contributed by atoms with E-state index in [0.717, 1.165) is 54.9 Å². The summed E-state index contributed by atoms with van der Waals surface area (Å²) in [5.41, 5.74) is 7.65. The summed E-state index contributed by atoms with van der Waals surface area (Å²) in [6.45, 7) is 3.37. The van der Waals surface area contributed by atoms with Gasteiger partial charge in [0.1, 0.15) is 5.71 Å². The number of benzene rings is 4. The molecule has 0 amide bonds. The number of rotatable bonds is 1. The van der Waals surface area contributed by atoms with Gasteiger partial charge in [-0.15, -0.1) is 0 Å². The van der Waals surface area contributed by atoms with Gasteiger partial charge in [0.15, 0.2) is 5.70 Å². The molecule has 0 radical (unpaired) electrons. The summed E-state index contributed by atoms with van der Waals surface area (Å²) in [4.78, 5) is 0. The molecule has 7 rings (SSSR count). The van der Waals surface area contributed by atoms with Crippen LogP contribution < -0.4 is 0 Å². The van der Waals surface area contributed by atoms with Gasteiger partial charge in [0, 0.05) is 35.4 Å². The molecule has 2 aliphatic rings. The fraction of sp³-hybridized carbons (Fsp3) is 0.114. The third kappa shape index (κ3) is 3.46. The van der Waals surface area contributed by atoms with Gasteiger partial charge in [-0.25, -0.2) is 0 Å². The van der Waals surface area contributed by atoms with Crippen LogP contribution in [0.5, 0.6) is 0 Å². The Labute approximate surface area is 232 Å². The van der Waals surface area contributed by atoms with Crippen LogP contribution in [0.2, 0.25) is 0 Å². The number of nitrogens with zero attached hydrogens (tertiary/aromatic N) is 2. The lowest BCUT2D eigenvalue weighted by molar-refractivity contribution is -0.363. The van der Waals surface area contributed by atoms with E-state index in [9.17, 15) is 0 Å². The van der Waals surface area contributed by atoms with E-state index in [-0.39, 0.29) is 0 Å². The van der Waals surface area contributed by atoms with Gasteiger partial charge in [-0.05, 0) is 83.4 Å². The molecule has 5 heteroatoms. The Balaban J connectivity index is 1.37. The minimum Gasteiger partial charge on any atom is -0.393 e. The highest BCUT2D eigenvalue weighted by atomic mass is 19.2. The molecule has 0 fully saturated rings. The molecule has 40 heavy (non-hydrogen) atoms. The van der Waals surface area contributed by atoms with Crippen LogP contribution in [-0.2, 0) is 0 Å². The number of hydrogen-bond donors (Lipinski definition) is 0. The van der Waals surface area contributed by atoms with Gasteiger partial charge in [0.05, 0.1) is 5.57 Å². The summed E-state index contributed by atoms with van der Waals surface area (Å²) in [7, 11) is 0. The molecule has 5 aromatic rings. The molecule has 0 spiro atoms. The van der Waals surface area contributed by atoms with Crippen LogP contribution in [0.15, 0.2) is 102 Å². The Morgan fingerprint density at radius 2 is 1.38 bits per heavy atom. The second kappa shape index (κ2) is 8.66. The minimum absolute atomic E-state index is 0.566. The average Bonchev–Trinajstić information content (AvgIpc) is 3.42. The lowest BCUT2D eigenvalue weighted by atomic mass is 9.83. The standard InChI is InChI=1S/C35H27BF2N2/c1-22-19-24(3)39-34(22)33(35-23(2)20-25(4)40(35)36(39,37)38)27-16-13-26(14-17-27)15-18-32-30-11-7-5-9-28(30)21-29-10-6-8-12-31(29)32/h5-14,16-17,19-21H,1-4H3. The number of aryl methyl sites for hydroxylation is 2. The van der Waals surface area contributed by atoms with Crippen LogP contribution in [-0.4, -0.2) is 21.6 Å². The monoisotopic (exact) mass is 524 g/mol. The van der Waals surface area contributed by atoms with E-state index in [0.29, 0.717) is 22.8 Å². The van der Waals surface area contributed by atoms with E-state index < -0.39 is 6.97 Å². The van der Waals surface area contributed by atoms with Crippen LogP contribution in [0, 0.1) is 25.7 Å². The molecule has 4 aromatic carbocycles. The molecule has 0 bridgehead atoms. The van der Waals surface area contributed by atoms with Crippen molar-refractivity contribution in [1.82, 2.24) is 4.48 Å². The first-order chi connectivity index (χ1) is 19.3. The molecule has 3 heterocycles. The summed E-state index contributed by atoms with van der Waals surface area (Å²) in [5.74, 6) is 6.82. The Bertz CT molecular complexity index is 2010. The summed E-state index contributed by atoms with van der Waals surface area (Å²) < 4.78 is 34.3. The van der Waals surface area contributed by atoms with Gasteiger partial charge in [0.2, 0.25) is 0 Å². The van der Waals surface area contributed by atoms with Gasteiger partial charge >= 0.3 is 6.97 Å². The molecular formula is C35H27BF2N2. The highest BCUT2D eigenvalue weighted by Gasteiger charge is 2.55. The zero-order valence-corrected chi connectivity index (χ0v) is 22.9. The molecule has 0 aliphatic carbocycles. The van der Waals surface area contributed by atoms with E-state index >= 15 is 8.63 Å². The van der Waals surface area contributed by atoms with Crippen LogP contribution in [0.4, 0.5) is 8.63 Å². The molecule has 0 saturated carbocycles. The van der Waals surface area contributed by atoms with Gasteiger partial charge in [-0.3, -0.25) is 0 Å². The number of hydrogen-bond acceptors (Lipinski definition) is 0. The third-order valence-corrected chi connectivity index (χ3v) is 8.21. The molecule has 2 aliphatic heterocycles. The van der Waals surface area contributed by atoms with Crippen LogP contribution in [0.3, 0.4) is 0 Å². The number of aromatic nitrogens is 1. The predicted octanol–water partition coefficient (Wildman–Crippen LogP) is 8.24. The maximum Gasteiger partial charge on any atom is 0.737 e. The van der Waals surface area contributed by atoms with E-state index in [1.165, 1.54) is 8.96 Å². The summed E-state index contributed by atoms with van der Waals surface area (Å²) in [6.07, 6.45) is 1.86. The second-order valence-corrected chi connectivity index (χ2v) is 10.9. The zero-order chi connectivity index (χ0) is 27.8. The van der Waals surface area contributed by atoms with Gasteiger partial charge in [-0.1, -0.05) is 72.5 Å². The molecule has 0 atom stereocenters. The summed E-state index contributed by atoms with van der Waals surface area (Å²) >= 11 is 0. The van der Waals surface area contributed by atoms with Gasteiger partial charge < -0.3 is 17.6 Å². The van der Waals surface area contributed by atoms with Crippen LogP contribution in [0.1, 0.15) is 47.5 Å². The lowest BCUT2D eigenvalue weighted by Gasteiger charge is -2.34. The maximum atomic E-state index is 15.9. The quantitative estimate of drug-likeness (QED) is 0.119.